The van der Waals surface area contributed by atoms with Gasteiger partial charge in [0.05, 0.1) is 42.8 Å². The maximum Gasteiger partial charge on any atom is 0.255 e. The van der Waals surface area contributed by atoms with Gasteiger partial charge in [0.2, 0.25) is 0 Å². The van der Waals surface area contributed by atoms with Crippen LogP contribution in [0.15, 0.2) is 72.9 Å². The van der Waals surface area contributed by atoms with Crippen LogP contribution in [0.4, 0.5) is 17.1 Å². The summed E-state index contributed by atoms with van der Waals surface area (Å²) in [6.07, 6.45) is 1.91. The molecule has 0 unspecified atom stereocenters. The summed E-state index contributed by atoms with van der Waals surface area (Å²) in [6.45, 7) is 3.99. The van der Waals surface area contributed by atoms with E-state index in [0.29, 0.717) is 23.5 Å². The first-order valence-corrected chi connectivity index (χ1v) is 10.7. The molecule has 1 fully saturated rings. The van der Waals surface area contributed by atoms with E-state index in [-0.39, 0.29) is 5.91 Å². The average Bonchev–Trinajstić information content (AvgIpc) is 3.23. The largest absolute Gasteiger partial charge is 0.397 e. The molecular weight excluding hydrogens is 402 g/mol. The third-order valence-electron chi connectivity index (χ3n) is 5.76. The van der Waals surface area contributed by atoms with Gasteiger partial charge in [-0.3, -0.25) is 9.48 Å². The zero-order valence-electron chi connectivity index (χ0n) is 17.7. The van der Waals surface area contributed by atoms with Crippen LogP contribution in [0.1, 0.15) is 15.9 Å². The summed E-state index contributed by atoms with van der Waals surface area (Å²) >= 11 is 0. The Balaban J connectivity index is 1.29. The molecular formula is C25H25N5O2. The SMILES string of the molecule is Nc1ccccc1NC(=O)c1ccc(Cn2ncc3cc(N4CCOCC4)ccc32)cc1. The molecule has 1 saturated heterocycles. The van der Waals surface area contributed by atoms with Crippen molar-refractivity contribution in [2.75, 3.05) is 42.3 Å². The fourth-order valence-electron chi connectivity index (χ4n) is 3.96. The number of nitrogen functional groups attached to an aromatic ring is 1. The van der Waals surface area contributed by atoms with E-state index in [9.17, 15) is 4.79 Å². The lowest BCUT2D eigenvalue weighted by Gasteiger charge is -2.28. The Labute approximate surface area is 186 Å². The molecule has 0 aliphatic carbocycles. The van der Waals surface area contributed by atoms with Crippen LogP contribution in [0.5, 0.6) is 0 Å². The molecule has 7 heteroatoms. The van der Waals surface area contributed by atoms with E-state index in [0.717, 1.165) is 42.8 Å². The van der Waals surface area contributed by atoms with Crippen molar-refractivity contribution >= 4 is 33.9 Å². The number of hydrogen-bond acceptors (Lipinski definition) is 5. The van der Waals surface area contributed by atoms with Crippen LogP contribution < -0.4 is 16.0 Å². The standard InChI is InChI=1S/C25H25N5O2/c26-22-3-1-2-4-23(22)28-25(31)19-7-5-18(6-8-19)17-30-24-10-9-21(15-20(24)16-27-30)29-11-13-32-14-12-29/h1-10,15-16H,11-14,17,26H2,(H,28,31). The summed E-state index contributed by atoms with van der Waals surface area (Å²) in [5.41, 5.74) is 11.0. The van der Waals surface area contributed by atoms with E-state index in [1.54, 1.807) is 12.1 Å². The number of ether oxygens (including phenoxy) is 1. The summed E-state index contributed by atoms with van der Waals surface area (Å²) in [4.78, 5) is 14.9. The first-order valence-electron chi connectivity index (χ1n) is 10.7. The second kappa shape index (κ2) is 8.72. The van der Waals surface area contributed by atoms with E-state index in [1.807, 2.05) is 47.3 Å². The van der Waals surface area contributed by atoms with Gasteiger partial charge in [0.1, 0.15) is 0 Å². The molecule has 0 bridgehead atoms. The molecule has 0 spiro atoms. The molecule has 32 heavy (non-hydrogen) atoms. The van der Waals surface area contributed by atoms with Crippen LogP contribution in [0.2, 0.25) is 0 Å². The highest BCUT2D eigenvalue weighted by atomic mass is 16.5. The van der Waals surface area contributed by atoms with Gasteiger partial charge in [-0.05, 0) is 48.0 Å². The van der Waals surface area contributed by atoms with Crippen molar-refractivity contribution in [2.24, 2.45) is 0 Å². The fourth-order valence-corrected chi connectivity index (χ4v) is 3.96. The minimum atomic E-state index is -0.186. The van der Waals surface area contributed by atoms with Gasteiger partial charge in [0.25, 0.3) is 5.91 Å². The summed E-state index contributed by atoms with van der Waals surface area (Å²) in [5, 5.41) is 8.55. The molecule has 5 rings (SSSR count). The molecule has 1 aromatic heterocycles. The predicted octanol–water partition coefficient (Wildman–Crippen LogP) is 3.76. The number of anilines is 3. The van der Waals surface area contributed by atoms with E-state index < -0.39 is 0 Å². The first-order chi connectivity index (χ1) is 15.7. The molecule has 3 aromatic carbocycles. The molecule has 0 radical (unpaired) electrons. The Morgan fingerprint density at radius 1 is 1.03 bits per heavy atom. The number of aromatic nitrogens is 2. The van der Waals surface area contributed by atoms with Gasteiger partial charge in [-0.1, -0.05) is 24.3 Å². The first kappa shape index (κ1) is 20.1. The van der Waals surface area contributed by atoms with Crippen LogP contribution in [-0.4, -0.2) is 42.0 Å². The van der Waals surface area contributed by atoms with Crippen LogP contribution in [0.25, 0.3) is 10.9 Å². The highest BCUT2D eigenvalue weighted by Crippen LogP contribution is 2.24. The maximum atomic E-state index is 12.5. The summed E-state index contributed by atoms with van der Waals surface area (Å²) in [5.74, 6) is -0.186. The van der Waals surface area contributed by atoms with Crippen molar-refractivity contribution < 1.29 is 9.53 Å². The second-order valence-corrected chi connectivity index (χ2v) is 7.88. The summed E-state index contributed by atoms with van der Waals surface area (Å²) in [6, 6.07) is 21.2. The number of carbonyl (C=O) groups excluding carboxylic acids is 1. The molecule has 1 aliphatic heterocycles. The normalized spacial score (nSPS) is 13.9. The molecule has 162 valence electrons. The van der Waals surface area contributed by atoms with Crippen molar-refractivity contribution in [1.29, 1.82) is 0 Å². The van der Waals surface area contributed by atoms with Crippen LogP contribution in [-0.2, 0) is 11.3 Å². The number of fused-ring (bicyclic) bond motifs is 1. The minimum Gasteiger partial charge on any atom is -0.397 e. The molecule has 7 nitrogen and oxygen atoms in total. The maximum absolute atomic E-state index is 12.5. The third kappa shape index (κ3) is 4.15. The molecule has 3 N–H and O–H groups in total. The van der Waals surface area contributed by atoms with Crippen molar-refractivity contribution in [3.63, 3.8) is 0 Å². The Morgan fingerprint density at radius 3 is 2.59 bits per heavy atom. The van der Waals surface area contributed by atoms with Gasteiger partial charge < -0.3 is 20.7 Å². The lowest BCUT2D eigenvalue weighted by atomic mass is 10.1. The monoisotopic (exact) mass is 427 g/mol. The van der Waals surface area contributed by atoms with Gasteiger partial charge in [-0.25, -0.2) is 0 Å². The van der Waals surface area contributed by atoms with E-state index in [1.165, 1.54) is 5.69 Å². The lowest BCUT2D eigenvalue weighted by molar-refractivity contribution is 0.102. The number of nitrogens with one attached hydrogen (secondary N) is 1. The Hall–Kier alpha value is -3.84. The van der Waals surface area contributed by atoms with Crippen LogP contribution in [0, 0.1) is 0 Å². The number of amides is 1. The smallest absolute Gasteiger partial charge is 0.255 e. The number of benzene rings is 3. The number of nitrogens with zero attached hydrogens (tertiary/aromatic N) is 3. The van der Waals surface area contributed by atoms with Gasteiger partial charge in [0.15, 0.2) is 0 Å². The van der Waals surface area contributed by atoms with E-state index >= 15 is 0 Å². The van der Waals surface area contributed by atoms with Crippen LogP contribution in [0.3, 0.4) is 0 Å². The van der Waals surface area contributed by atoms with Gasteiger partial charge in [0, 0.05) is 29.7 Å². The summed E-state index contributed by atoms with van der Waals surface area (Å²) < 4.78 is 7.43. The zero-order valence-corrected chi connectivity index (χ0v) is 17.7. The molecule has 1 amide bonds. The second-order valence-electron chi connectivity index (χ2n) is 7.88. The lowest BCUT2D eigenvalue weighted by Crippen LogP contribution is -2.36. The third-order valence-corrected chi connectivity index (χ3v) is 5.76. The molecule has 1 aliphatic rings. The average molecular weight is 428 g/mol. The number of morpholine rings is 1. The topological polar surface area (TPSA) is 85.4 Å². The number of nitrogens with two attached hydrogens (primary N) is 1. The number of hydrogen-bond donors (Lipinski definition) is 2. The van der Waals surface area contributed by atoms with E-state index in [4.69, 9.17) is 10.5 Å². The van der Waals surface area contributed by atoms with Gasteiger partial charge in [-0.2, -0.15) is 5.10 Å². The van der Waals surface area contributed by atoms with Crippen molar-refractivity contribution in [3.05, 3.63) is 84.1 Å². The highest BCUT2D eigenvalue weighted by molar-refractivity contribution is 6.05. The van der Waals surface area contributed by atoms with Gasteiger partial charge in [-0.15, -0.1) is 0 Å². The number of rotatable bonds is 5. The fraction of sp³-hybridized carbons (Fsp3) is 0.200. The van der Waals surface area contributed by atoms with E-state index in [2.05, 4.69) is 33.5 Å². The quantitative estimate of drug-likeness (QED) is 0.474. The molecule has 4 aromatic rings. The zero-order chi connectivity index (χ0) is 21.9. The molecule has 0 saturated carbocycles. The minimum absolute atomic E-state index is 0.186. The predicted molar refractivity (Wildman–Crippen MR) is 127 cm³/mol. The van der Waals surface area contributed by atoms with Crippen molar-refractivity contribution in [1.82, 2.24) is 9.78 Å². The molecule has 2 heterocycles. The van der Waals surface area contributed by atoms with Gasteiger partial charge >= 0.3 is 0 Å². The molecule has 0 atom stereocenters. The number of carbonyl (C=O) groups is 1. The van der Waals surface area contributed by atoms with Crippen molar-refractivity contribution in [2.45, 2.75) is 6.54 Å². The Morgan fingerprint density at radius 2 is 1.81 bits per heavy atom. The number of para-hydroxylation sites is 2. The Bertz CT molecular complexity index is 1240. The highest BCUT2D eigenvalue weighted by Gasteiger charge is 2.13. The van der Waals surface area contributed by atoms with Crippen molar-refractivity contribution in [3.8, 4) is 0 Å². The van der Waals surface area contributed by atoms with Crippen LogP contribution >= 0.6 is 0 Å². The Kier molecular flexibility index (Phi) is 5.47. The summed E-state index contributed by atoms with van der Waals surface area (Å²) in [7, 11) is 0.